The Kier molecular flexibility index (Phi) is 6.03. The molecule has 0 spiro atoms. The molecule has 2 aromatic rings. The Labute approximate surface area is 164 Å². The molecule has 1 N–H and O–H groups in total. The van der Waals surface area contributed by atoms with Crippen LogP contribution < -0.4 is 19.7 Å². The third kappa shape index (κ3) is 4.36. The minimum absolute atomic E-state index is 0.0362. The first-order valence-corrected chi connectivity index (χ1v) is 9.12. The second kappa shape index (κ2) is 8.65. The van der Waals surface area contributed by atoms with E-state index < -0.39 is 0 Å². The molecule has 0 atom stereocenters. The van der Waals surface area contributed by atoms with Gasteiger partial charge in [-0.05, 0) is 24.6 Å². The molecule has 0 aromatic heterocycles. The van der Waals surface area contributed by atoms with Crippen LogP contribution in [0.15, 0.2) is 42.5 Å². The number of ether oxygens (including phenoxy) is 2. The molecular formula is C21H25N3O4. The standard InChI is InChI=1S/C21H25N3O4/c1-15-4-6-16(7-5-15)13-22-20(25)14-23-10-11-24(21(23)26)17-8-9-18(27-2)19(12-17)28-3/h4-9,12H,10-11,13-14H2,1-3H3,(H,22,25). The fourth-order valence-electron chi connectivity index (χ4n) is 3.10. The van der Waals surface area contributed by atoms with Crippen LogP contribution in [0.4, 0.5) is 10.5 Å². The lowest BCUT2D eigenvalue weighted by molar-refractivity contribution is -0.121. The van der Waals surface area contributed by atoms with Crippen LogP contribution in [0.25, 0.3) is 0 Å². The van der Waals surface area contributed by atoms with Crippen LogP contribution in [-0.4, -0.2) is 50.7 Å². The van der Waals surface area contributed by atoms with E-state index in [1.54, 1.807) is 42.2 Å². The fourth-order valence-corrected chi connectivity index (χ4v) is 3.10. The summed E-state index contributed by atoms with van der Waals surface area (Å²) in [5.74, 6) is 0.982. The maximum atomic E-state index is 12.7. The Morgan fingerprint density at radius 1 is 1.04 bits per heavy atom. The van der Waals surface area contributed by atoms with Crippen molar-refractivity contribution in [1.82, 2.24) is 10.2 Å². The monoisotopic (exact) mass is 383 g/mol. The van der Waals surface area contributed by atoms with Crippen molar-refractivity contribution in [2.75, 3.05) is 38.8 Å². The lowest BCUT2D eigenvalue weighted by atomic mass is 10.1. The summed E-state index contributed by atoms with van der Waals surface area (Å²) in [7, 11) is 3.12. The van der Waals surface area contributed by atoms with Crippen molar-refractivity contribution in [1.29, 1.82) is 0 Å². The van der Waals surface area contributed by atoms with Gasteiger partial charge < -0.3 is 19.7 Å². The number of methoxy groups -OCH3 is 2. The number of hydrogen-bond donors (Lipinski definition) is 1. The minimum atomic E-state index is -0.197. The highest BCUT2D eigenvalue weighted by Crippen LogP contribution is 2.32. The molecule has 1 aliphatic rings. The number of nitrogens with zero attached hydrogens (tertiary/aromatic N) is 2. The molecule has 2 aromatic carbocycles. The fraction of sp³-hybridized carbons (Fsp3) is 0.333. The van der Waals surface area contributed by atoms with Crippen LogP contribution >= 0.6 is 0 Å². The largest absolute Gasteiger partial charge is 0.493 e. The number of hydrogen-bond acceptors (Lipinski definition) is 4. The van der Waals surface area contributed by atoms with Gasteiger partial charge >= 0.3 is 6.03 Å². The molecule has 1 aliphatic heterocycles. The summed E-state index contributed by atoms with van der Waals surface area (Å²) in [5, 5.41) is 2.87. The van der Waals surface area contributed by atoms with Gasteiger partial charge in [-0.3, -0.25) is 9.69 Å². The molecule has 1 fully saturated rings. The zero-order chi connectivity index (χ0) is 20.1. The zero-order valence-electron chi connectivity index (χ0n) is 16.4. The summed E-state index contributed by atoms with van der Waals surface area (Å²) in [4.78, 5) is 28.1. The van der Waals surface area contributed by atoms with E-state index in [-0.39, 0.29) is 18.5 Å². The molecule has 0 aliphatic carbocycles. The van der Waals surface area contributed by atoms with Gasteiger partial charge in [0.2, 0.25) is 5.91 Å². The Morgan fingerprint density at radius 2 is 1.75 bits per heavy atom. The molecule has 28 heavy (non-hydrogen) atoms. The summed E-state index contributed by atoms with van der Waals surface area (Å²) in [5.41, 5.74) is 2.91. The van der Waals surface area contributed by atoms with Crippen LogP contribution in [0, 0.1) is 6.92 Å². The second-order valence-electron chi connectivity index (χ2n) is 6.66. The highest BCUT2D eigenvalue weighted by Gasteiger charge is 2.31. The Morgan fingerprint density at radius 3 is 2.43 bits per heavy atom. The van der Waals surface area contributed by atoms with E-state index in [2.05, 4.69) is 5.32 Å². The third-order valence-electron chi connectivity index (χ3n) is 4.72. The maximum Gasteiger partial charge on any atom is 0.325 e. The highest BCUT2D eigenvalue weighted by atomic mass is 16.5. The number of nitrogens with one attached hydrogen (secondary N) is 1. The minimum Gasteiger partial charge on any atom is -0.493 e. The molecule has 0 saturated carbocycles. The van der Waals surface area contributed by atoms with Crippen molar-refractivity contribution in [3.8, 4) is 11.5 Å². The number of anilines is 1. The Bertz CT molecular complexity index is 851. The van der Waals surface area contributed by atoms with Gasteiger partial charge in [-0.15, -0.1) is 0 Å². The van der Waals surface area contributed by atoms with Crippen molar-refractivity contribution in [3.63, 3.8) is 0 Å². The van der Waals surface area contributed by atoms with Crippen LogP contribution in [0.3, 0.4) is 0 Å². The molecule has 1 saturated heterocycles. The number of aryl methyl sites for hydroxylation is 1. The summed E-state index contributed by atoms with van der Waals surface area (Å²) >= 11 is 0. The average molecular weight is 383 g/mol. The molecule has 148 valence electrons. The summed E-state index contributed by atoms with van der Waals surface area (Å²) < 4.78 is 10.5. The normalized spacial score (nSPS) is 13.6. The summed E-state index contributed by atoms with van der Waals surface area (Å²) in [6, 6.07) is 13.1. The van der Waals surface area contributed by atoms with Crippen LogP contribution in [-0.2, 0) is 11.3 Å². The van der Waals surface area contributed by atoms with E-state index in [4.69, 9.17) is 9.47 Å². The Hall–Kier alpha value is -3.22. The molecule has 0 bridgehead atoms. The number of amides is 3. The molecular weight excluding hydrogens is 358 g/mol. The molecule has 7 nitrogen and oxygen atoms in total. The molecule has 7 heteroatoms. The third-order valence-corrected chi connectivity index (χ3v) is 4.72. The van der Waals surface area contributed by atoms with Crippen LogP contribution in [0.1, 0.15) is 11.1 Å². The average Bonchev–Trinajstić information content (AvgIpc) is 3.07. The molecule has 1 heterocycles. The summed E-state index contributed by atoms with van der Waals surface area (Å²) in [6.45, 7) is 3.51. The zero-order valence-corrected chi connectivity index (χ0v) is 16.4. The molecule has 0 unspecified atom stereocenters. The number of carbonyl (C=O) groups is 2. The number of carbonyl (C=O) groups excluding carboxylic acids is 2. The Balaban J connectivity index is 1.57. The van der Waals surface area contributed by atoms with E-state index in [0.29, 0.717) is 36.8 Å². The SMILES string of the molecule is COc1ccc(N2CCN(CC(=O)NCc3ccc(C)cc3)C2=O)cc1OC. The number of benzene rings is 2. The predicted molar refractivity (Wildman–Crippen MR) is 107 cm³/mol. The van der Waals surface area contributed by atoms with Crippen LogP contribution in [0.5, 0.6) is 11.5 Å². The smallest absolute Gasteiger partial charge is 0.325 e. The highest BCUT2D eigenvalue weighted by molar-refractivity contribution is 5.96. The van der Waals surface area contributed by atoms with Crippen molar-refractivity contribution >= 4 is 17.6 Å². The van der Waals surface area contributed by atoms with Gasteiger partial charge in [0.15, 0.2) is 11.5 Å². The lowest BCUT2D eigenvalue weighted by Gasteiger charge is -2.19. The van der Waals surface area contributed by atoms with E-state index in [1.165, 1.54) is 5.56 Å². The van der Waals surface area contributed by atoms with Crippen LogP contribution in [0.2, 0.25) is 0 Å². The van der Waals surface area contributed by atoms with E-state index in [1.807, 2.05) is 31.2 Å². The first-order chi connectivity index (χ1) is 13.5. The van der Waals surface area contributed by atoms with E-state index >= 15 is 0 Å². The quantitative estimate of drug-likeness (QED) is 0.798. The first-order valence-electron chi connectivity index (χ1n) is 9.12. The van der Waals surface area contributed by atoms with E-state index in [0.717, 1.165) is 5.56 Å². The molecule has 0 radical (unpaired) electrons. The number of rotatable bonds is 7. The van der Waals surface area contributed by atoms with Gasteiger partial charge in [-0.2, -0.15) is 0 Å². The molecule has 3 rings (SSSR count). The number of urea groups is 1. The van der Waals surface area contributed by atoms with Gasteiger partial charge in [-0.25, -0.2) is 4.79 Å². The van der Waals surface area contributed by atoms with Gasteiger partial charge in [0, 0.05) is 31.4 Å². The van der Waals surface area contributed by atoms with Crippen molar-refractivity contribution in [2.45, 2.75) is 13.5 Å². The van der Waals surface area contributed by atoms with Gasteiger partial charge in [0.25, 0.3) is 0 Å². The maximum absolute atomic E-state index is 12.7. The predicted octanol–water partition coefficient (Wildman–Crippen LogP) is 2.57. The molecule has 3 amide bonds. The van der Waals surface area contributed by atoms with Gasteiger partial charge in [0.1, 0.15) is 6.54 Å². The van der Waals surface area contributed by atoms with Crippen molar-refractivity contribution in [2.24, 2.45) is 0 Å². The lowest BCUT2D eigenvalue weighted by Crippen LogP contribution is -2.39. The van der Waals surface area contributed by atoms with Gasteiger partial charge in [0.05, 0.1) is 14.2 Å². The van der Waals surface area contributed by atoms with Crippen molar-refractivity contribution in [3.05, 3.63) is 53.6 Å². The summed E-state index contributed by atoms with van der Waals surface area (Å²) in [6.07, 6.45) is 0. The van der Waals surface area contributed by atoms with Gasteiger partial charge in [-0.1, -0.05) is 29.8 Å². The first kappa shape index (κ1) is 19.5. The topological polar surface area (TPSA) is 71.1 Å². The van der Waals surface area contributed by atoms with Crippen molar-refractivity contribution < 1.29 is 19.1 Å². The second-order valence-corrected chi connectivity index (χ2v) is 6.66. The van der Waals surface area contributed by atoms with E-state index in [9.17, 15) is 9.59 Å².